The second-order valence-electron chi connectivity index (χ2n) is 4.76. The van der Waals surface area contributed by atoms with Gasteiger partial charge in [0, 0.05) is 50.0 Å². The van der Waals surface area contributed by atoms with Gasteiger partial charge in [-0.2, -0.15) is 5.10 Å². The van der Waals surface area contributed by atoms with Crippen LogP contribution in [0.2, 0.25) is 0 Å². The summed E-state index contributed by atoms with van der Waals surface area (Å²) in [5.41, 5.74) is 4.73. The van der Waals surface area contributed by atoms with Gasteiger partial charge in [0.05, 0.1) is 6.20 Å². The van der Waals surface area contributed by atoms with Crippen LogP contribution in [-0.2, 0) is 6.54 Å². The summed E-state index contributed by atoms with van der Waals surface area (Å²) >= 11 is 0. The lowest BCUT2D eigenvalue weighted by atomic mass is 10.1. The van der Waals surface area contributed by atoms with Crippen molar-refractivity contribution < 1.29 is 0 Å². The van der Waals surface area contributed by atoms with Gasteiger partial charge in [-0.05, 0) is 30.7 Å². The third kappa shape index (κ3) is 3.16. The molecule has 19 heavy (non-hydrogen) atoms. The van der Waals surface area contributed by atoms with E-state index in [9.17, 15) is 0 Å². The van der Waals surface area contributed by atoms with Crippen molar-refractivity contribution in [1.29, 1.82) is 0 Å². The normalized spacial score (nSPS) is 10.3. The fourth-order valence-electron chi connectivity index (χ4n) is 1.89. The van der Waals surface area contributed by atoms with Crippen molar-refractivity contribution in [2.75, 3.05) is 24.3 Å². The lowest BCUT2D eigenvalue weighted by molar-refractivity contribution is 0.936. The first kappa shape index (κ1) is 13.2. The highest BCUT2D eigenvalue weighted by molar-refractivity contribution is 5.59. The van der Waals surface area contributed by atoms with Crippen molar-refractivity contribution in [2.24, 2.45) is 0 Å². The molecular weight excluding hydrogens is 236 g/mol. The van der Waals surface area contributed by atoms with Gasteiger partial charge >= 0.3 is 0 Å². The van der Waals surface area contributed by atoms with Crippen molar-refractivity contribution in [1.82, 2.24) is 9.78 Å². The van der Waals surface area contributed by atoms with Crippen LogP contribution in [0.3, 0.4) is 0 Å². The largest absolute Gasteiger partial charge is 0.381 e. The van der Waals surface area contributed by atoms with E-state index in [-0.39, 0.29) is 0 Å². The standard InChI is InChI=1S/C15H20N4/c1-5-19-11-13(10-17-19)9-16-15-7-6-14(18(3)4)8-12(15)2/h5-8,10-11,16H,1,9H2,2-4H3. The molecule has 1 heterocycles. The summed E-state index contributed by atoms with van der Waals surface area (Å²) in [7, 11) is 4.09. The molecule has 1 aromatic heterocycles. The summed E-state index contributed by atoms with van der Waals surface area (Å²) in [6.45, 7) is 6.55. The second-order valence-corrected chi connectivity index (χ2v) is 4.76. The topological polar surface area (TPSA) is 33.1 Å². The molecule has 0 fully saturated rings. The van der Waals surface area contributed by atoms with Crippen molar-refractivity contribution >= 4 is 17.6 Å². The monoisotopic (exact) mass is 256 g/mol. The van der Waals surface area contributed by atoms with Crippen LogP contribution >= 0.6 is 0 Å². The number of aromatic nitrogens is 2. The SMILES string of the molecule is C=Cn1cc(CNc2ccc(N(C)C)cc2C)cn1. The van der Waals surface area contributed by atoms with Gasteiger partial charge in [0.15, 0.2) is 0 Å². The molecule has 2 aromatic rings. The minimum atomic E-state index is 0.760. The Morgan fingerprint density at radius 1 is 1.42 bits per heavy atom. The minimum absolute atomic E-state index is 0.760. The van der Waals surface area contributed by atoms with Crippen LogP contribution in [0.1, 0.15) is 11.1 Å². The molecule has 0 bridgehead atoms. The van der Waals surface area contributed by atoms with E-state index in [2.05, 4.69) is 47.0 Å². The van der Waals surface area contributed by atoms with Gasteiger partial charge in [-0.1, -0.05) is 6.58 Å². The number of nitrogens with zero attached hydrogens (tertiary/aromatic N) is 3. The number of hydrogen-bond donors (Lipinski definition) is 1. The molecule has 0 unspecified atom stereocenters. The number of benzene rings is 1. The maximum atomic E-state index is 4.16. The molecule has 0 radical (unpaired) electrons. The number of rotatable bonds is 5. The molecule has 0 amide bonds. The number of hydrogen-bond acceptors (Lipinski definition) is 3. The van der Waals surface area contributed by atoms with E-state index in [1.165, 1.54) is 11.3 Å². The molecule has 100 valence electrons. The molecule has 1 N–H and O–H groups in total. The molecule has 2 rings (SSSR count). The van der Waals surface area contributed by atoms with Crippen LogP contribution in [-0.4, -0.2) is 23.9 Å². The van der Waals surface area contributed by atoms with Crippen molar-refractivity contribution in [2.45, 2.75) is 13.5 Å². The van der Waals surface area contributed by atoms with E-state index < -0.39 is 0 Å². The van der Waals surface area contributed by atoms with E-state index in [0.717, 1.165) is 17.8 Å². The van der Waals surface area contributed by atoms with E-state index >= 15 is 0 Å². The van der Waals surface area contributed by atoms with Gasteiger partial charge < -0.3 is 10.2 Å². The number of aryl methyl sites for hydroxylation is 1. The molecule has 4 heteroatoms. The van der Waals surface area contributed by atoms with Gasteiger partial charge in [-0.3, -0.25) is 0 Å². The number of anilines is 2. The van der Waals surface area contributed by atoms with Crippen LogP contribution in [0, 0.1) is 6.92 Å². The average molecular weight is 256 g/mol. The van der Waals surface area contributed by atoms with Crippen LogP contribution in [0.4, 0.5) is 11.4 Å². The highest BCUT2D eigenvalue weighted by Gasteiger charge is 2.02. The minimum Gasteiger partial charge on any atom is -0.381 e. The first-order valence-electron chi connectivity index (χ1n) is 6.27. The molecule has 0 atom stereocenters. The van der Waals surface area contributed by atoms with E-state index in [0.29, 0.717) is 0 Å². The van der Waals surface area contributed by atoms with Gasteiger partial charge in [-0.15, -0.1) is 0 Å². The van der Waals surface area contributed by atoms with Crippen LogP contribution in [0.15, 0.2) is 37.2 Å². The van der Waals surface area contributed by atoms with Gasteiger partial charge in [0.25, 0.3) is 0 Å². The highest BCUT2D eigenvalue weighted by Crippen LogP contribution is 2.21. The summed E-state index contributed by atoms with van der Waals surface area (Å²) in [5.74, 6) is 0. The Labute approximate surface area is 114 Å². The fraction of sp³-hybridized carbons (Fsp3) is 0.267. The van der Waals surface area contributed by atoms with Crippen molar-refractivity contribution in [3.63, 3.8) is 0 Å². The molecule has 0 aliphatic rings. The maximum Gasteiger partial charge on any atom is 0.0543 e. The van der Waals surface area contributed by atoms with Gasteiger partial charge in [-0.25, -0.2) is 4.68 Å². The lowest BCUT2D eigenvalue weighted by Crippen LogP contribution is -2.09. The van der Waals surface area contributed by atoms with Gasteiger partial charge in [0.1, 0.15) is 0 Å². The molecule has 0 aliphatic carbocycles. The molecule has 1 aromatic carbocycles. The molecule has 0 saturated heterocycles. The summed E-state index contributed by atoms with van der Waals surface area (Å²) in [5, 5.41) is 7.59. The first-order chi connectivity index (χ1) is 9.10. The average Bonchev–Trinajstić information content (AvgIpc) is 2.85. The van der Waals surface area contributed by atoms with E-state index in [1.807, 2.05) is 26.5 Å². The summed E-state index contributed by atoms with van der Waals surface area (Å²) < 4.78 is 1.71. The molecule has 0 spiro atoms. The Hall–Kier alpha value is -2.23. The smallest absolute Gasteiger partial charge is 0.0543 e. The Balaban J connectivity index is 2.05. The van der Waals surface area contributed by atoms with Crippen LogP contribution < -0.4 is 10.2 Å². The summed E-state index contributed by atoms with van der Waals surface area (Å²) in [6.07, 6.45) is 5.49. The molecular formula is C15H20N4. The van der Waals surface area contributed by atoms with Crippen molar-refractivity contribution in [3.8, 4) is 0 Å². The Morgan fingerprint density at radius 2 is 2.21 bits per heavy atom. The molecule has 4 nitrogen and oxygen atoms in total. The van der Waals surface area contributed by atoms with Crippen molar-refractivity contribution in [3.05, 3.63) is 48.3 Å². The number of nitrogens with one attached hydrogen (secondary N) is 1. The van der Waals surface area contributed by atoms with E-state index in [4.69, 9.17) is 0 Å². The fourth-order valence-corrected chi connectivity index (χ4v) is 1.89. The Kier molecular flexibility index (Phi) is 3.90. The predicted octanol–water partition coefficient (Wildman–Crippen LogP) is 2.97. The molecule has 0 aliphatic heterocycles. The third-order valence-electron chi connectivity index (χ3n) is 3.05. The Bertz CT molecular complexity index is 569. The quantitative estimate of drug-likeness (QED) is 0.892. The predicted molar refractivity (Wildman–Crippen MR) is 81.4 cm³/mol. The van der Waals surface area contributed by atoms with Crippen LogP contribution in [0.25, 0.3) is 6.20 Å². The first-order valence-corrected chi connectivity index (χ1v) is 6.27. The summed E-state index contributed by atoms with van der Waals surface area (Å²) in [4.78, 5) is 2.10. The summed E-state index contributed by atoms with van der Waals surface area (Å²) in [6, 6.07) is 6.40. The van der Waals surface area contributed by atoms with Crippen LogP contribution in [0.5, 0.6) is 0 Å². The van der Waals surface area contributed by atoms with Gasteiger partial charge in [0.2, 0.25) is 0 Å². The zero-order chi connectivity index (χ0) is 13.8. The highest BCUT2D eigenvalue weighted by atomic mass is 15.2. The maximum absolute atomic E-state index is 4.16. The Morgan fingerprint density at radius 3 is 2.79 bits per heavy atom. The van der Waals surface area contributed by atoms with E-state index in [1.54, 1.807) is 10.9 Å². The lowest BCUT2D eigenvalue weighted by Gasteiger charge is -2.15. The molecule has 0 saturated carbocycles. The third-order valence-corrected chi connectivity index (χ3v) is 3.05. The second kappa shape index (κ2) is 5.61. The zero-order valence-electron chi connectivity index (χ0n) is 11.7. The zero-order valence-corrected chi connectivity index (χ0v) is 11.7.